The highest BCUT2D eigenvalue weighted by atomic mass is 32.2. The minimum atomic E-state index is 0.859. The molecule has 1 heterocycles. The fraction of sp³-hybridized carbons (Fsp3) is 0.214. The van der Waals surface area contributed by atoms with Gasteiger partial charge >= 0.3 is 0 Å². The van der Waals surface area contributed by atoms with Crippen LogP contribution in [0.5, 0.6) is 0 Å². The molecular weight excluding hydrogens is 228 g/mol. The maximum Gasteiger partial charge on any atom is 0.0354 e. The van der Waals surface area contributed by atoms with Gasteiger partial charge in [0, 0.05) is 28.7 Å². The van der Waals surface area contributed by atoms with Gasteiger partial charge in [0.1, 0.15) is 0 Å². The zero-order valence-corrected chi connectivity index (χ0v) is 10.9. The van der Waals surface area contributed by atoms with Crippen molar-refractivity contribution >= 4 is 17.4 Å². The molecule has 1 aromatic carbocycles. The van der Waals surface area contributed by atoms with Gasteiger partial charge in [-0.15, -0.1) is 11.8 Å². The summed E-state index contributed by atoms with van der Waals surface area (Å²) in [6, 6.07) is 8.22. The SMILES string of the molecule is Cc1cncc(CSc2cccc(N)c2C)c1. The molecule has 0 aliphatic carbocycles. The van der Waals surface area contributed by atoms with Gasteiger partial charge in [-0.05, 0) is 42.7 Å². The van der Waals surface area contributed by atoms with Crippen molar-refractivity contribution in [2.45, 2.75) is 24.5 Å². The number of hydrogen-bond donors (Lipinski definition) is 1. The van der Waals surface area contributed by atoms with Gasteiger partial charge < -0.3 is 5.73 Å². The molecule has 2 rings (SSSR count). The Labute approximate surface area is 106 Å². The van der Waals surface area contributed by atoms with E-state index in [1.807, 2.05) is 24.5 Å². The number of nitrogens with two attached hydrogens (primary N) is 1. The van der Waals surface area contributed by atoms with Gasteiger partial charge in [0.2, 0.25) is 0 Å². The van der Waals surface area contributed by atoms with Crippen LogP contribution in [0.4, 0.5) is 5.69 Å². The summed E-state index contributed by atoms with van der Waals surface area (Å²) >= 11 is 1.80. The minimum Gasteiger partial charge on any atom is -0.398 e. The first-order valence-corrected chi connectivity index (χ1v) is 6.54. The first-order chi connectivity index (χ1) is 8.16. The molecule has 0 aliphatic heterocycles. The van der Waals surface area contributed by atoms with Gasteiger partial charge in [-0.2, -0.15) is 0 Å². The van der Waals surface area contributed by atoms with E-state index in [-0.39, 0.29) is 0 Å². The molecule has 0 saturated carbocycles. The van der Waals surface area contributed by atoms with Crippen molar-refractivity contribution in [3.63, 3.8) is 0 Å². The normalized spacial score (nSPS) is 10.5. The molecule has 0 atom stereocenters. The molecule has 2 N–H and O–H groups in total. The Hall–Kier alpha value is -1.48. The molecule has 17 heavy (non-hydrogen) atoms. The smallest absolute Gasteiger partial charge is 0.0354 e. The molecule has 2 nitrogen and oxygen atoms in total. The van der Waals surface area contributed by atoms with E-state index in [0.29, 0.717) is 0 Å². The third-order valence-corrected chi connectivity index (χ3v) is 3.88. The van der Waals surface area contributed by atoms with Crippen molar-refractivity contribution in [3.05, 3.63) is 53.3 Å². The lowest BCUT2D eigenvalue weighted by Crippen LogP contribution is -1.91. The second-order valence-electron chi connectivity index (χ2n) is 4.13. The van der Waals surface area contributed by atoms with Crippen molar-refractivity contribution < 1.29 is 0 Å². The highest BCUT2D eigenvalue weighted by molar-refractivity contribution is 7.98. The van der Waals surface area contributed by atoms with Crippen LogP contribution >= 0.6 is 11.8 Å². The average molecular weight is 244 g/mol. The first-order valence-electron chi connectivity index (χ1n) is 5.55. The minimum absolute atomic E-state index is 0.859. The maximum absolute atomic E-state index is 5.89. The Morgan fingerprint density at radius 3 is 2.82 bits per heavy atom. The predicted octanol–water partition coefficient (Wildman–Crippen LogP) is 3.57. The summed E-state index contributed by atoms with van der Waals surface area (Å²) in [7, 11) is 0. The lowest BCUT2D eigenvalue weighted by atomic mass is 10.2. The number of anilines is 1. The second-order valence-corrected chi connectivity index (χ2v) is 5.15. The molecule has 0 saturated heterocycles. The van der Waals surface area contributed by atoms with Crippen molar-refractivity contribution in [2.75, 3.05) is 5.73 Å². The average Bonchev–Trinajstić information content (AvgIpc) is 2.31. The maximum atomic E-state index is 5.89. The summed E-state index contributed by atoms with van der Waals surface area (Å²) in [6.07, 6.45) is 3.79. The number of rotatable bonds is 3. The first kappa shape index (κ1) is 12.0. The van der Waals surface area contributed by atoms with Crippen LogP contribution < -0.4 is 5.73 Å². The third kappa shape index (κ3) is 3.01. The Kier molecular flexibility index (Phi) is 3.69. The number of nitrogen functional groups attached to an aromatic ring is 1. The summed E-state index contributed by atoms with van der Waals surface area (Å²) < 4.78 is 0. The van der Waals surface area contributed by atoms with E-state index >= 15 is 0 Å². The fourth-order valence-corrected chi connectivity index (χ4v) is 2.63. The molecule has 0 fully saturated rings. The number of pyridine rings is 1. The number of aromatic nitrogens is 1. The van der Waals surface area contributed by atoms with E-state index in [2.05, 4.69) is 31.0 Å². The van der Waals surface area contributed by atoms with Crippen molar-refractivity contribution in [2.24, 2.45) is 0 Å². The summed E-state index contributed by atoms with van der Waals surface area (Å²) in [6.45, 7) is 4.12. The van der Waals surface area contributed by atoms with Crippen LogP contribution in [0, 0.1) is 13.8 Å². The van der Waals surface area contributed by atoms with Gasteiger partial charge in [-0.3, -0.25) is 4.98 Å². The van der Waals surface area contributed by atoms with Crippen LogP contribution in [0.15, 0.2) is 41.6 Å². The molecule has 0 amide bonds. The lowest BCUT2D eigenvalue weighted by Gasteiger charge is -2.08. The van der Waals surface area contributed by atoms with Gasteiger partial charge in [0.05, 0.1) is 0 Å². The summed E-state index contributed by atoms with van der Waals surface area (Å²) in [5.41, 5.74) is 10.4. The van der Waals surface area contributed by atoms with E-state index in [4.69, 9.17) is 5.73 Å². The summed E-state index contributed by atoms with van der Waals surface area (Å²) in [5.74, 6) is 0.930. The predicted molar refractivity (Wildman–Crippen MR) is 74.1 cm³/mol. The van der Waals surface area contributed by atoms with Gasteiger partial charge in [-0.25, -0.2) is 0 Å². The Morgan fingerprint density at radius 2 is 2.06 bits per heavy atom. The monoisotopic (exact) mass is 244 g/mol. The molecule has 0 bridgehead atoms. The number of nitrogens with zero attached hydrogens (tertiary/aromatic N) is 1. The van der Waals surface area contributed by atoms with Gasteiger partial charge in [0.15, 0.2) is 0 Å². The van der Waals surface area contributed by atoms with E-state index in [0.717, 1.165) is 17.0 Å². The zero-order valence-electron chi connectivity index (χ0n) is 10.1. The molecule has 88 valence electrons. The van der Waals surface area contributed by atoms with Crippen LogP contribution in [0.3, 0.4) is 0 Å². The van der Waals surface area contributed by atoms with Crippen molar-refractivity contribution in [3.8, 4) is 0 Å². The largest absolute Gasteiger partial charge is 0.398 e. The van der Waals surface area contributed by atoms with E-state index in [9.17, 15) is 0 Å². The molecular formula is C14H16N2S. The van der Waals surface area contributed by atoms with Crippen LogP contribution in [0.25, 0.3) is 0 Å². The number of thioether (sulfide) groups is 1. The molecule has 0 spiro atoms. The second kappa shape index (κ2) is 5.23. The molecule has 2 aromatic rings. The Balaban J connectivity index is 2.10. The van der Waals surface area contributed by atoms with Crippen LogP contribution in [0.1, 0.15) is 16.7 Å². The fourth-order valence-electron chi connectivity index (χ4n) is 1.65. The van der Waals surface area contributed by atoms with Crippen LogP contribution in [-0.2, 0) is 5.75 Å². The Morgan fingerprint density at radius 1 is 1.24 bits per heavy atom. The van der Waals surface area contributed by atoms with E-state index in [1.165, 1.54) is 16.0 Å². The highest BCUT2D eigenvalue weighted by Crippen LogP contribution is 2.28. The van der Waals surface area contributed by atoms with E-state index < -0.39 is 0 Å². The topological polar surface area (TPSA) is 38.9 Å². The molecule has 0 aliphatic rings. The standard InChI is InChI=1S/C14H16N2S/c1-10-6-12(8-16-7-10)9-17-14-5-3-4-13(15)11(14)2/h3-8H,9,15H2,1-2H3. The quantitative estimate of drug-likeness (QED) is 0.662. The van der Waals surface area contributed by atoms with Gasteiger partial charge in [-0.1, -0.05) is 12.1 Å². The molecule has 0 unspecified atom stereocenters. The summed E-state index contributed by atoms with van der Waals surface area (Å²) in [5, 5.41) is 0. The summed E-state index contributed by atoms with van der Waals surface area (Å²) in [4.78, 5) is 5.44. The van der Waals surface area contributed by atoms with Crippen LogP contribution in [-0.4, -0.2) is 4.98 Å². The number of hydrogen-bond acceptors (Lipinski definition) is 3. The molecule has 0 radical (unpaired) electrons. The lowest BCUT2D eigenvalue weighted by molar-refractivity contribution is 1.20. The molecule has 1 aromatic heterocycles. The number of aryl methyl sites for hydroxylation is 1. The number of benzene rings is 1. The zero-order chi connectivity index (χ0) is 12.3. The van der Waals surface area contributed by atoms with Gasteiger partial charge in [0.25, 0.3) is 0 Å². The van der Waals surface area contributed by atoms with E-state index in [1.54, 1.807) is 11.8 Å². The highest BCUT2D eigenvalue weighted by Gasteiger charge is 2.02. The Bertz CT molecular complexity index is 523. The third-order valence-electron chi connectivity index (χ3n) is 2.65. The van der Waals surface area contributed by atoms with Crippen LogP contribution in [0.2, 0.25) is 0 Å². The molecule has 3 heteroatoms. The van der Waals surface area contributed by atoms with Crippen molar-refractivity contribution in [1.29, 1.82) is 0 Å². The van der Waals surface area contributed by atoms with Crippen molar-refractivity contribution in [1.82, 2.24) is 4.98 Å².